The molecule has 0 atom stereocenters. The Morgan fingerprint density at radius 3 is 2.13 bits per heavy atom. The van der Waals surface area contributed by atoms with Gasteiger partial charge in [0.05, 0.1) is 0 Å². The minimum atomic E-state index is 0.361. The number of thioether (sulfide) groups is 1. The van der Waals surface area contributed by atoms with Crippen LogP contribution in [0, 0.1) is 0 Å². The molecule has 1 aromatic carbocycles. The lowest BCUT2D eigenvalue weighted by Gasteiger charge is -2.13. The molecule has 1 nitrogen and oxygen atoms in total. The topological polar surface area (TPSA) is 20.2 Å². The summed E-state index contributed by atoms with van der Waals surface area (Å²) in [6, 6.07) is 7.59. The van der Waals surface area contributed by atoms with Crippen molar-refractivity contribution in [3.05, 3.63) is 24.3 Å². The quantitative estimate of drug-likeness (QED) is 0.756. The Hall–Kier alpha value is -0.630. The van der Waals surface area contributed by atoms with Crippen LogP contribution in [0.15, 0.2) is 29.2 Å². The maximum Gasteiger partial charge on any atom is 0.115 e. The molecule has 15 heavy (non-hydrogen) atoms. The first-order valence-electron chi connectivity index (χ1n) is 5.80. The molecule has 2 heteroatoms. The summed E-state index contributed by atoms with van der Waals surface area (Å²) in [5, 5.41) is 9.99. The van der Waals surface area contributed by atoms with E-state index in [1.165, 1.54) is 43.4 Å². The number of rotatable bonds is 2. The molecule has 1 aromatic rings. The summed E-state index contributed by atoms with van der Waals surface area (Å²) in [4.78, 5) is 1.29. The van der Waals surface area contributed by atoms with Crippen LogP contribution in [-0.4, -0.2) is 10.4 Å². The van der Waals surface area contributed by atoms with Crippen molar-refractivity contribution in [3.8, 4) is 5.75 Å². The lowest BCUT2D eigenvalue weighted by Crippen LogP contribution is -1.99. The second kappa shape index (κ2) is 5.45. The van der Waals surface area contributed by atoms with Crippen LogP contribution in [0.25, 0.3) is 0 Å². The van der Waals surface area contributed by atoms with Crippen molar-refractivity contribution >= 4 is 11.8 Å². The van der Waals surface area contributed by atoms with Crippen molar-refractivity contribution in [1.29, 1.82) is 0 Å². The third-order valence-corrected chi connectivity index (χ3v) is 4.29. The van der Waals surface area contributed by atoms with Gasteiger partial charge in [-0.2, -0.15) is 0 Å². The highest BCUT2D eigenvalue weighted by atomic mass is 32.2. The van der Waals surface area contributed by atoms with E-state index in [1.807, 2.05) is 23.9 Å². The molecular formula is C13H18OS. The van der Waals surface area contributed by atoms with Gasteiger partial charge in [-0.3, -0.25) is 0 Å². The van der Waals surface area contributed by atoms with Crippen molar-refractivity contribution in [2.24, 2.45) is 0 Å². The van der Waals surface area contributed by atoms with Crippen LogP contribution in [0.5, 0.6) is 5.75 Å². The number of benzene rings is 1. The van der Waals surface area contributed by atoms with Gasteiger partial charge in [0.2, 0.25) is 0 Å². The van der Waals surface area contributed by atoms with Crippen molar-refractivity contribution in [2.75, 3.05) is 0 Å². The Bertz CT molecular complexity index is 286. The number of aromatic hydroxyl groups is 1. The Kier molecular flexibility index (Phi) is 3.95. The molecular weight excluding hydrogens is 204 g/mol. The maximum atomic E-state index is 9.20. The first-order chi connectivity index (χ1) is 7.34. The highest BCUT2D eigenvalue weighted by Gasteiger charge is 2.13. The SMILES string of the molecule is Oc1ccc(SC2CCCCCC2)cc1. The Morgan fingerprint density at radius 2 is 1.53 bits per heavy atom. The van der Waals surface area contributed by atoms with Crippen LogP contribution >= 0.6 is 11.8 Å². The number of phenolic OH excluding ortho intramolecular Hbond substituents is 1. The molecule has 0 spiro atoms. The minimum absolute atomic E-state index is 0.361. The molecule has 0 amide bonds. The summed E-state index contributed by atoms with van der Waals surface area (Å²) in [5.41, 5.74) is 0. The summed E-state index contributed by atoms with van der Waals surface area (Å²) >= 11 is 1.98. The zero-order valence-electron chi connectivity index (χ0n) is 8.98. The van der Waals surface area contributed by atoms with Crippen LogP contribution in [0.1, 0.15) is 38.5 Å². The van der Waals surface area contributed by atoms with E-state index in [0.29, 0.717) is 5.75 Å². The van der Waals surface area contributed by atoms with Crippen molar-refractivity contribution in [1.82, 2.24) is 0 Å². The van der Waals surface area contributed by atoms with Crippen molar-refractivity contribution < 1.29 is 5.11 Å². The fourth-order valence-corrected chi connectivity index (χ4v) is 3.32. The molecule has 0 heterocycles. The fourth-order valence-electron chi connectivity index (χ4n) is 2.08. The monoisotopic (exact) mass is 222 g/mol. The summed E-state index contributed by atoms with van der Waals surface area (Å²) < 4.78 is 0. The van der Waals surface area contributed by atoms with E-state index in [9.17, 15) is 5.11 Å². The van der Waals surface area contributed by atoms with Gasteiger partial charge in [-0.1, -0.05) is 25.7 Å². The average Bonchev–Trinajstić information content (AvgIpc) is 2.50. The third kappa shape index (κ3) is 3.45. The lowest BCUT2D eigenvalue weighted by molar-refractivity contribution is 0.475. The maximum absolute atomic E-state index is 9.20. The molecule has 0 radical (unpaired) electrons. The van der Waals surface area contributed by atoms with Crippen molar-refractivity contribution in [3.63, 3.8) is 0 Å². The van der Waals surface area contributed by atoms with Crippen LogP contribution in [0.2, 0.25) is 0 Å². The van der Waals surface area contributed by atoms with Crippen LogP contribution in [0.4, 0.5) is 0 Å². The van der Waals surface area contributed by atoms with Crippen LogP contribution in [-0.2, 0) is 0 Å². The molecule has 1 fully saturated rings. The molecule has 0 aromatic heterocycles. The fraction of sp³-hybridized carbons (Fsp3) is 0.538. The van der Waals surface area contributed by atoms with E-state index in [-0.39, 0.29) is 0 Å². The summed E-state index contributed by atoms with van der Waals surface area (Å²) in [6.45, 7) is 0. The van der Waals surface area contributed by atoms with Gasteiger partial charge in [0.15, 0.2) is 0 Å². The Morgan fingerprint density at radius 1 is 0.933 bits per heavy atom. The Balaban J connectivity index is 1.92. The van der Waals surface area contributed by atoms with E-state index >= 15 is 0 Å². The minimum Gasteiger partial charge on any atom is -0.508 e. The van der Waals surface area contributed by atoms with E-state index in [4.69, 9.17) is 0 Å². The highest BCUT2D eigenvalue weighted by molar-refractivity contribution is 8.00. The molecule has 82 valence electrons. The molecule has 0 bridgehead atoms. The second-order valence-electron chi connectivity index (χ2n) is 4.23. The van der Waals surface area contributed by atoms with Gasteiger partial charge in [-0.05, 0) is 37.1 Å². The molecule has 0 saturated heterocycles. The van der Waals surface area contributed by atoms with E-state index in [0.717, 1.165) is 5.25 Å². The third-order valence-electron chi connectivity index (χ3n) is 2.94. The predicted molar refractivity (Wildman–Crippen MR) is 65.5 cm³/mol. The van der Waals surface area contributed by atoms with Gasteiger partial charge < -0.3 is 5.11 Å². The zero-order chi connectivity index (χ0) is 10.5. The molecule has 1 aliphatic rings. The smallest absolute Gasteiger partial charge is 0.115 e. The van der Waals surface area contributed by atoms with Gasteiger partial charge in [-0.25, -0.2) is 0 Å². The zero-order valence-corrected chi connectivity index (χ0v) is 9.80. The van der Waals surface area contributed by atoms with Gasteiger partial charge in [0.25, 0.3) is 0 Å². The second-order valence-corrected chi connectivity index (χ2v) is 5.60. The largest absolute Gasteiger partial charge is 0.508 e. The summed E-state index contributed by atoms with van der Waals surface area (Å²) in [6.07, 6.45) is 8.29. The Labute approximate surface area is 95.9 Å². The molecule has 0 aliphatic heterocycles. The van der Waals surface area contributed by atoms with E-state index in [1.54, 1.807) is 12.1 Å². The first kappa shape index (κ1) is 10.9. The van der Waals surface area contributed by atoms with Gasteiger partial charge in [-0.15, -0.1) is 11.8 Å². The predicted octanol–water partition coefficient (Wildman–Crippen LogP) is 4.21. The molecule has 1 saturated carbocycles. The van der Waals surface area contributed by atoms with Crippen molar-refractivity contribution in [2.45, 2.75) is 48.7 Å². The highest BCUT2D eigenvalue weighted by Crippen LogP contribution is 2.33. The lowest BCUT2D eigenvalue weighted by atomic mass is 10.2. The summed E-state index contributed by atoms with van der Waals surface area (Å²) in [5.74, 6) is 0.361. The molecule has 1 N–H and O–H groups in total. The van der Waals surface area contributed by atoms with Gasteiger partial charge >= 0.3 is 0 Å². The van der Waals surface area contributed by atoms with Gasteiger partial charge in [0.1, 0.15) is 5.75 Å². The standard InChI is InChI=1S/C13H18OS/c14-11-7-9-13(10-8-11)15-12-5-3-1-2-4-6-12/h7-10,12,14H,1-6H2. The number of hydrogen-bond acceptors (Lipinski definition) is 2. The normalized spacial score (nSPS) is 18.7. The van der Waals surface area contributed by atoms with Crippen LogP contribution in [0.3, 0.4) is 0 Å². The van der Waals surface area contributed by atoms with E-state index in [2.05, 4.69) is 0 Å². The molecule has 0 unspecified atom stereocenters. The number of phenols is 1. The van der Waals surface area contributed by atoms with E-state index < -0.39 is 0 Å². The number of hydrogen-bond donors (Lipinski definition) is 1. The molecule has 1 aliphatic carbocycles. The average molecular weight is 222 g/mol. The first-order valence-corrected chi connectivity index (χ1v) is 6.68. The summed E-state index contributed by atoms with van der Waals surface area (Å²) in [7, 11) is 0. The van der Waals surface area contributed by atoms with Crippen LogP contribution < -0.4 is 0 Å². The molecule has 2 rings (SSSR count). The van der Waals surface area contributed by atoms with Gasteiger partial charge in [0, 0.05) is 10.1 Å².